The molecule has 0 amide bonds. The number of hydrogen-bond acceptors (Lipinski definition) is 4. The fourth-order valence-corrected chi connectivity index (χ4v) is 3.21. The maximum atomic E-state index is 12.9. The van der Waals surface area contributed by atoms with E-state index in [1.807, 2.05) is 0 Å². The van der Waals surface area contributed by atoms with Gasteiger partial charge in [0.15, 0.2) is 0 Å². The van der Waals surface area contributed by atoms with Crippen LogP contribution >= 0.6 is 0 Å². The number of alkyl halides is 3. The van der Waals surface area contributed by atoms with Crippen molar-refractivity contribution in [2.45, 2.75) is 45.1 Å². The van der Waals surface area contributed by atoms with E-state index in [1.165, 1.54) is 6.07 Å². The van der Waals surface area contributed by atoms with Crippen LogP contribution in [0, 0.1) is 0 Å². The Bertz CT molecular complexity index is 583. The Morgan fingerprint density at radius 2 is 1.96 bits per heavy atom. The highest BCUT2D eigenvalue weighted by molar-refractivity contribution is 5.50. The number of anilines is 1. The molecule has 1 saturated heterocycles. The first-order chi connectivity index (χ1) is 10.7. The molecule has 1 aromatic rings. The minimum atomic E-state index is -4.38. The van der Waals surface area contributed by atoms with Crippen molar-refractivity contribution in [2.24, 2.45) is 0 Å². The summed E-state index contributed by atoms with van der Waals surface area (Å²) in [6, 6.07) is 1.29. The number of hydrogen-bond donors (Lipinski definition) is 0. The molecule has 0 aromatic carbocycles. The monoisotopic (exact) mass is 329 g/mol. The summed E-state index contributed by atoms with van der Waals surface area (Å²) < 4.78 is 44.3. The van der Waals surface area contributed by atoms with Crippen molar-refractivity contribution in [2.75, 3.05) is 31.1 Å². The molecule has 1 fully saturated rings. The van der Waals surface area contributed by atoms with Gasteiger partial charge in [-0.25, -0.2) is 4.98 Å². The topological polar surface area (TPSA) is 28.6 Å². The molecular weight excluding hydrogens is 307 g/mol. The lowest BCUT2D eigenvalue weighted by Crippen LogP contribution is -2.59. The largest absolute Gasteiger partial charge is 0.417 e. The number of rotatable bonds is 0. The fourth-order valence-electron chi connectivity index (χ4n) is 3.21. The average molecular weight is 329 g/mol. The van der Waals surface area contributed by atoms with E-state index in [9.17, 15) is 13.2 Å². The first-order valence-electron chi connectivity index (χ1n) is 7.82. The Morgan fingerprint density at radius 3 is 2.61 bits per heavy atom. The second kappa shape index (κ2) is 5.63. The second-order valence-electron chi connectivity index (χ2n) is 7.18. The maximum Gasteiger partial charge on any atom is 0.417 e. The van der Waals surface area contributed by atoms with Crippen molar-refractivity contribution in [3.63, 3.8) is 0 Å². The van der Waals surface area contributed by atoms with Gasteiger partial charge in [0.05, 0.1) is 24.8 Å². The molecule has 0 spiro atoms. The van der Waals surface area contributed by atoms with Crippen LogP contribution in [-0.4, -0.2) is 47.7 Å². The predicted octanol–water partition coefficient (Wildman–Crippen LogP) is 2.92. The van der Waals surface area contributed by atoms with Crippen LogP contribution in [0.1, 0.15) is 31.9 Å². The summed E-state index contributed by atoms with van der Waals surface area (Å²) >= 11 is 0. The van der Waals surface area contributed by atoms with Crippen LogP contribution in [0.2, 0.25) is 0 Å². The third-order valence-corrected chi connectivity index (χ3v) is 4.54. The zero-order valence-corrected chi connectivity index (χ0v) is 13.7. The van der Waals surface area contributed by atoms with Crippen molar-refractivity contribution in [1.29, 1.82) is 0 Å². The Morgan fingerprint density at radius 1 is 1.22 bits per heavy atom. The van der Waals surface area contributed by atoms with Gasteiger partial charge in [0, 0.05) is 36.9 Å². The third kappa shape index (κ3) is 3.30. The van der Waals surface area contributed by atoms with Gasteiger partial charge in [-0.05, 0) is 26.8 Å². The van der Waals surface area contributed by atoms with Crippen LogP contribution in [0.15, 0.2) is 12.3 Å². The molecule has 1 atom stereocenters. The molecule has 0 unspecified atom stereocenters. The Kier molecular flexibility index (Phi) is 4.04. The highest BCUT2D eigenvalue weighted by atomic mass is 19.4. The first kappa shape index (κ1) is 16.5. The van der Waals surface area contributed by atoms with E-state index in [0.717, 1.165) is 25.8 Å². The highest BCUT2D eigenvalue weighted by Gasteiger charge is 2.37. The zero-order valence-electron chi connectivity index (χ0n) is 13.7. The van der Waals surface area contributed by atoms with Crippen LogP contribution < -0.4 is 4.90 Å². The van der Waals surface area contributed by atoms with Gasteiger partial charge < -0.3 is 9.64 Å². The molecule has 3 rings (SSSR count). The van der Waals surface area contributed by atoms with E-state index in [-0.39, 0.29) is 18.2 Å². The molecule has 4 nitrogen and oxygen atoms in total. The quantitative estimate of drug-likeness (QED) is 0.732. The van der Waals surface area contributed by atoms with Crippen molar-refractivity contribution in [3.05, 3.63) is 23.4 Å². The van der Waals surface area contributed by atoms with Crippen molar-refractivity contribution in [3.8, 4) is 0 Å². The van der Waals surface area contributed by atoms with E-state index >= 15 is 0 Å². The second-order valence-corrected chi connectivity index (χ2v) is 7.18. The number of halogens is 3. The number of fused-ring (bicyclic) bond motifs is 3. The molecule has 23 heavy (non-hydrogen) atoms. The molecule has 1 aromatic heterocycles. The fraction of sp³-hybridized carbons (Fsp3) is 0.688. The summed E-state index contributed by atoms with van der Waals surface area (Å²) in [5.74, 6) is 0.633. The van der Waals surface area contributed by atoms with Gasteiger partial charge in [-0.3, -0.25) is 4.90 Å². The summed E-state index contributed by atoms with van der Waals surface area (Å²) in [5.41, 5.74) is -0.132. The molecular formula is C16H22F3N3O. The lowest BCUT2D eigenvalue weighted by molar-refractivity contribution is -0.137. The number of pyridine rings is 1. The molecule has 2 aliphatic rings. The van der Waals surface area contributed by atoms with Crippen molar-refractivity contribution in [1.82, 2.24) is 9.88 Å². The summed E-state index contributed by atoms with van der Waals surface area (Å²) in [6.07, 6.45) is -3.45. The molecule has 2 aliphatic heterocycles. The predicted molar refractivity (Wildman–Crippen MR) is 81.4 cm³/mol. The standard InChI is InChI=1S/C16H22F3N3O/c1-15(2,3)21-4-5-22-13(8-21)10-23-9-11-6-12(16(17,18)19)7-20-14(11)22/h6-7,13H,4-5,8-10H2,1-3H3/t13-/m1/s1. The molecule has 0 saturated carbocycles. The van der Waals surface area contributed by atoms with Crippen molar-refractivity contribution >= 4 is 5.82 Å². The van der Waals surface area contributed by atoms with Crippen LogP contribution in [0.4, 0.5) is 19.0 Å². The van der Waals surface area contributed by atoms with E-state index in [4.69, 9.17) is 4.74 Å². The molecule has 128 valence electrons. The average Bonchev–Trinajstić information content (AvgIpc) is 2.63. The Balaban J connectivity index is 1.88. The lowest BCUT2D eigenvalue weighted by Gasteiger charge is -2.46. The zero-order chi connectivity index (χ0) is 16.8. The smallest absolute Gasteiger partial charge is 0.374 e. The van der Waals surface area contributed by atoms with Crippen LogP contribution in [0.3, 0.4) is 0 Å². The molecule has 3 heterocycles. The summed E-state index contributed by atoms with van der Waals surface area (Å²) in [7, 11) is 0. The van der Waals surface area contributed by atoms with E-state index < -0.39 is 11.7 Å². The lowest BCUT2D eigenvalue weighted by atomic mass is 10.0. The number of nitrogens with zero attached hydrogens (tertiary/aromatic N) is 3. The van der Waals surface area contributed by atoms with Gasteiger partial charge in [-0.2, -0.15) is 13.2 Å². The van der Waals surface area contributed by atoms with E-state index in [2.05, 4.69) is 35.6 Å². The highest BCUT2D eigenvalue weighted by Crippen LogP contribution is 2.34. The number of ether oxygens (including phenoxy) is 1. The molecule has 7 heteroatoms. The van der Waals surface area contributed by atoms with Crippen LogP contribution in [0.25, 0.3) is 0 Å². The summed E-state index contributed by atoms with van der Waals surface area (Å²) in [5, 5.41) is 0. The van der Waals surface area contributed by atoms with Gasteiger partial charge in [0.25, 0.3) is 0 Å². The minimum Gasteiger partial charge on any atom is -0.374 e. The third-order valence-electron chi connectivity index (χ3n) is 4.54. The minimum absolute atomic E-state index is 0.0643. The van der Waals surface area contributed by atoms with Gasteiger partial charge in [0.1, 0.15) is 5.82 Å². The summed E-state index contributed by atoms with van der Waals surface area (Å²) in [4.78, 5) is 8.61. The van der Waals surface area contributed by atoms with E-state index in [1.54, 1.807) is 0 Å². The first-order valence-corrected chi connectivity index (χ1v) is 7.82. The molecule has 0 bridgehead atoms. The van der Waals surface area contributed by atoms with Crippen LogP contribution in [-0.2, 0) is 17.5 Å². The Hall–Kier alpha value is -1.34. The van der Waals surface area contributed by atoms with Gasteiger partial charge in [-0.1, -0.05) is 0 Å². The molecule has 0 aliphatic carbocycles. The van der Waals surface area contributed by atoms with Gasteiger partial charge >= 0.3 is 6.18 Å². The molecule has 0 radical (unpaired) electrons. The van der Waals surface area contributed by atoms with Gasteiger partial charge in [0.2, 0.25) is 0 Å². The Labute approximate surface area is 134 Å². The summed E-state index contributed by atoms with van der Waals surface area (Å²) in [6.45, 7) is 9.62. The number of piperazine rings is 1. The number of aromatic nitrogens is 1. The van der Waals surface area contributed by atoms with Crippen LogP contribution in [0.5, 0.6) is 0 Å². The van der Waals surface area contributed by atoms with Crippen molar-refractivity contribution < 1.29 is 17.9 Å². The normalized spacial score (nSPS) is 23.2. The van der Waals surface area contributed by atoms with E-state index in [0.29, 0.717) is 18.0 Å². The maximum absolute atomic E-state index is 12.9. The van der Waals surface area contributed by atoms with Gasteiger partial charge in [-0.15, -0.1) is 0 Å². The SMILES string of the molecule is CC(C)(C)N1CCN2c3ncc(C(F)(F)F)cc3COC[C@H]2C1. The molecule has 0 N–H and O–H groups in total.